The van der Waals surface area contributed by atoms with Crippen molar-refractivity contribution in [3.8, 4) is 0 Å². The minimum Gasteiger partial charge on any atom is -0.390 e. The average Bonchev–Trinajstić information content (AvgIpc) is 2.19. The van der Waals surface area contributed by atoms with E-state index in [0.29, 0.717) is 6.54 Å². The van der Waals surface area contributed by atoms with E-state index in [1.54, 1.807) is 0 Å². The minimum absolute atomic E-state index is 0.278. The van der Waals surface area contributed by atoms with Crippen LogP contribution in [-0.2, 0) is 0 Å². The average molecular weight is 370 g/mol. The number of aliphatic hydroxyl groups is 1. The number of alkyl halides is 1. The molecule has 1 rings (SSSR count). The lowest BCUT2D eigenvalue weighted by atomic mass is 10.2. The summed E-state index contributed by atoms with van der Waals surface area (Å²) in [6, 6.07) is 6.06. The van der Waals surface area contributed by atoms with E-state index < -0.39 is 0 Å². The van der Waals surface area contributed by atoms with Crippen LogP contribution in [0.25, 0.3) is 0 Å². The molecule has 0 unspecified atom stereocenters. The van der Waals surface area contributed by atoms with E-state index in [9.17, 15) is 5.11 Å². The Bertz CT molecular complexity index is 306. The van der Waals surface area contributed by atoms with Crippen molar-refractivity contribution >= 4 is 44.2 Å². The van der Waals surface area contributed by atoms with Gasteiger partial charge in [0.2, 0.25) is 0 Å². The zero-order valence-corrected chi connectivity index (χ0v) is 11.7. The van der Waals surface area contributed by atoms with E-state index in [0.717, 1.165) is 14.6 Å². The summed E-state index contributed by atoms with van der Waals surface area (Å²) in [5, 5.41) is 12.6. The van der Waals surface area contributed by atoms with Crippen LogP contribution in [0.1, 0.15) is 5.56 Å². The first-order valence-electron chi connectivity index (χ1n) is 4.37. The van der Waals surface area contributed by atoms with Crippen molar-refractivity contribution in [1.29, 1.82) is 0 Å². The maximum Gasteiger partial charge on any atom is 0.0801 e. The second-order valence-electron chi connectivity index (χ2n) is 3.15. The van der Waals surface area contributed by atoms with Crippen molar-refractivity contribution < 1.29 is 5.11 Å². The maximum absolute atomic E-state index is 9.36. The van der Waals surface area contributed by atoms with Gasteiger partial charge in [-0.2, -0.15) is 0 Å². The Labute approximate surface area is 106 Å². The van der Waals surface area contributed by atoms with E-state index in [1.807, 2.05) is 19.1 Å². The Kier molecular flexibility index (Phi) is 5.19. The van der Waals surface area contributed by atoms with Gasteiger partial charge in [0.25, 0.3) is 0 Å². The summed E-state index contributed by atoms with van der Waals surface area (Å²) in [5.41, 5.74) is 2.24. The fraction of sp³-hybridized carbons (Fsp3) is 0.400. The number of benzene rings is 1. The fourth-order valence-electron chi connectivity index (χ4n) is 1.04. The summed E-state index contributed by atoms with van der Waals surface area (Å²) < 4.78 is 1.86. The minimum atomic E-state index is -0.278. The smallest absolute Gasteiger partial charge is 0.0801 e. The van der Waals surface area contributed by atoms with Crippen LogP contribution in [0, 0.1) is 6.92 Å². The molecule has 0 amide bonds. The molecule has 0 radical (unpaired) electrons. The van der Waals surface area contributed by atoms with Crippen molar-refractivity contribution in [2.24, 2.45) is 0 Å². The number of aliphatic hydroxyl groups excluding tert-OH is 1. The molecular formula is C10H13BrINO. The number of hydrogen-bond donors (Lipinski definition) is 2. The summed E-state index contributed by atoms with van der Waals surface area (Å²) >= 11 is 5.62. The van der Waals surface area contributed by atoms with Crippen LogP contribution in [0.4, 0.5) is 5.69 Å². The molecule has 0 saturated heterocycles. The molecule has 0 bridgehead atoms. The SMILES string of the molecule is Cc1cc(NC[C@H](O)CI)ccc1Br. The Hall–Kier alpha value is 0.190. The number of hydrogen-bond acceptors (Lipinski definition) is 2. The summed E-state index contributed by atoms with van der Waals surface area (Å²) in [5.74, 6) is 0. The Balaban J connectivity index is 2.55. The largest absolute Gasteiger partial charge is 0.390 e. The lowest BCUT2D eigenvalue weighted by Crippen LogP contribution is -2.20. The van der Waals surface area contributed by atoms with Gasteiger partial charge in [-0.1, -0.05) is 38.5 Å². The molecule has 2 N–H and O–H groups in total. The van der Waals surface area contributed by atoms with Gasteiger partial charge in [0.15, 0.2) is 0 Å². The molecule has 1 atom stereocenters. The Morgan fingerprint density at radius 2 is 2.29 bits per heavy atom. The third-order valence-electron chi connectivity index (χ3n) is 1.88. The van der Waals surface area contributed by atoms with Crippen LogP contribution in [0.2, 0.25) is 0 Å². The predicted molar refractivity (Wildman–Crippen MR) is 72.3 cm³/mol. The van der Waals surface area contributed by atoms with Gasteiger partial charge in [-0.25, -0.2) is 0 Å². The normalized spacial score (nSPS) is 12.6. The van der Waals surface area contributed by atoms with Gasteiger partial charge >= 0.3 is 0 Å². The monoisotopic (exact) mass is 369 g/mol. The maximum atomic E-state index is 9.36. The standard InChI is InChI=1S/C10H13BrINO/c1-7-4-8(2-3-10(7)11)13-6-9(14)5-12/h2-4,9,13-14H,5-6H2,1H3/t9-/m1/s1. The van der Waals surface area contributed by atoms with Crippen LogP contribution < -0.4 is 5.32 Å². The van der Waals surface area contributed by atoms with E-state index in [2.05, 4.69) is 49.9 Å². The summed E-state index contributed by atoms with van der Waals surface area (Å²) in [4.78, 5) is 0. The van der Waals surface area contributed by atoms with Gasteiger partial charge < -0.3 is 10.4 Å². The summed E-state index contributed by atoms with van der Waals surface area (Å²) in [7, 11) is 0. The highest BCUT2D eigenvalue weighted by molar-refractivity contribution is 14.1. The highest BCUT2D eigenvalue weighted by Crippen LogP contribution is 2.19. The summed E-state index contributed by atoms with van der Waals surface area (Å²) in [6.45, 7) is 2.65. The summed E-state index contributed by atoms with van der Waals surface area (Å²) in [6.07, 6.45) is -0.278. The molecule has 1 aromatic rings. The van der Waals surface area contributed by atoms with Crippen molar-refractivity contribution in [1.82, 2.24) is 0 Å². The molecular weight excluding hydrogens is 357 g/mol. The van der Waals surface area contributed by atoms with Crippen LogP contribution in [0.5, 0.6) is 0 Å². The molecule has 4 heteroatoms. The lowest BCUT2D eigenvalue weighted by molar-refractivity contribution is 0.216. The van der Waals surface area contributed by atoms with Crippen molar-refractivity contribution in [2.45, 2.75) is 13.0 Å². The molecule has 14 heavy (non-hydrogen) atoms. The molecule has 0 aliphatic carbocycles. The second-order valence-corrected chi connectivity index (χ2v) is 4.89. The Morgan fingerprint density at radius 3 is 2.86 bits per heavy atom. The molecule has 0 aromatic heterocycles. The van der Waals surface area contributed by atoms with Crippen molar-refractivity contribution in [3.63, 3.8) is 0 Å². The van der Waals surface area contributed by atoms with Gasteiger partial charge in [-0.15, -0.1) is 0 Å². The molecule has 0 saturated carbocycles. The molecule has 0 spiro atoms. The highest BCUT2D eigenvalue weighted by atomic mass is 127. The quantitative estimate of drug-likeness (QED) is 0.631. The second kappa shape index (κ2) is 5.92. The first-order chi connectivity index (χ1) is 6.63. The number of rotatable bonds is 4. The molecule has 0 heterocycles. The molecule has 0 fully saturated rings. The molecule has 1 aromatic carbocycles. The lowest BCUT2D eigenvalue weighted by Gasteiger charge is -2.11. The van der Waals surface area contributed by atoms with Gasteiger partial charge in [0, 0.05) is 21.1 Å². The van der Waals surface area contributed by atoms with Crippen LogP contribution >= 0.6 is 38.5 Å². The first-order valence-corrected chi connectivity index (χ1v) is 6.69. The van der Waals surface area contributed by atoms with Gasteiger partial charge in [0.05, 0.1) is 6.10 Å². The highest BCUT2D eigenvalue weighted by Gasteiger charge is 2.01. The third-order valence-corrected chi connectivity index (χ3v) is 3.78. The van der Waals surface area contributed by atoms with E-state index in [-0.39, 0.29) is 6.10 Å². The van der Waals surface area contributed by atoms with Crippen LogP contribution in [0.3, 0.4) is 0 Å². The number of aryl methyl sites for hydroxylation is 1. The molecule has 0 aliphatic rings. The topological polar surface area (TPSA) is 32.3 Å². The van der Waals surface area contributed by atoms with Crippen LogP contribution in [0.15, 0.2) is 22.7 Å². The molecule has 0 aliphatic heterocycles. The molecule has 78 valence electrons. The van der Waals surface area contributed by atoms with E-state index in [4.69, 9.17) is 0 Å². The van der Waals surface area contributed by atoms with E-state index in [1.165, 1.54) is 5.56 Å². The number of nitrogens with one attached hydrogen (secondary N) is 1. The first kappa shape index (κ1) is 12.3. The van der Waals surface area contributed by atoms with Gasteiger partial charge in [-0.3, -0.25) is 0 Å². The fourth-order valence-corrected chi connectivity index (χ4v) is 1.60. The van der Waals surface area contributed by atoms with Crippen molar-refractivity contribution in [2.75, 3.05) is 16.3 Å². The zero-order chi connectivity index (χ0) is 10.6. The zero-order valence-electron chi connectivity index (χ0n) is 7.93. The molecule has 2 nitrogen and oxygen atoms in total. The third kappa shape index (κ3) is 3.74. The Morgan fingerprint density at radius 1 is 1.57 bits per heavy atom. The number of halogens is 2. The number of anilines is 1. The van der Waals surface area contributed by atoms with Crippen molar-refractivity contribution in [3.05, 3.63) is 28.2 Å². The van der Waals surface area contributed by atoms with E-state index >= 15 is 0 Å². The predicted octanol–water partition coefficient (Wildman–Crippen LogP) is 2.97. The van der Waals surface area contributed by atoms with Gasteiger partial charge in [-0.05, 0) is 30.7 Å². The van der Waals surface area contributed by atoms with Gasteiger partial charge in [0.1, 0.15) is 0 Å². The van der Waals surface area contributed by atoms with Crippen LogP contribution in [-0.4, -0.2) is 22.2 Å².